The van der Waals surface area contributed by atoms with Gasteiger partial charge in [-0.15, -0.1) is 0 Å². The largest absolute Gasteiger partial charge is 2.00 e. The number of aliphatic carboxylic acids is 1. The fourth-order valence-electron chi connectivity index (χ4n) is 0. The minimum Gasteiger partial charge on any atom is -0.759 e. The average molecular weight is 230 g/mol. The Morgan fingerprint density at radius 2 is 1.23 bits per heavy atom. The van der Waals surface area contributed by atoms with Crippen LogP contribution in [-0.2, 0) is 20.0 Å². The summed E-state index contributed by atoms with van der Waals surface area (Å²) in [6, 6.07) is 0. The van der Waals surface area contributed by atoms with Crippen LogP contribution in [-0.4, -0.2) is 52.3 Å². The molecule has 0 amide bonds. The molecule has 0 saturated heterocycles. The predicted molar refractivity (Wildman–Crippen MR) is 31.9 cm³/mol. The Morgan fingerprint density at radius 1 is 1.15 bits per heavy atom. The van der Waals surface area contributed by atoms with Crippen LogP contribution in [0.25, 0.3) is 0 Å². The van der Waals surface area contributed by atoms with Crippen molar-refractivity contribution in [2.75, 3.05) is 0 Å². The van der Waals surface area contributed by atoms with Crippen LogP contribution in [0.5, 0.6) is 0 Å². The average Bonchev–Trinajstić information content (AvgIpc) is 1.59. The summed E-state index contributed by atoms with van der Waals surface area (Å²) in [5.41, 5.74) is 0. The second-order valence-corrected chi connectivity index (χ2v) is 2.07. The van der Waals surface area contributed by atoms with E-state index in [1.807, 2.05) is 0 Å². The minimum absolute atomic E-state index is 0. The molecule has 0 heterocycles. The Morgan fingerprint density at radius 3 is 1.23 bits per heavy atom. The van der Waals surface area contributed by atoms with Gasteiger partial charge in [-0.05, 0) is 0 Å². The molecule has 0 fully saturated rings. The first kappa shape index (κ1) is 23.5. The van der Waals surface area contributed by atoms with Gasteiger partial charge in [-0.2, -0.15) is 0 Å². The van der Waals surface area contributed by atoms with Crippen LogP contribution in [0.2, 0.25) is 0 Å². The molecule has 0 N–H and O–H groups in total. The zero-order chi connectivity index (χ0) is 9.65. The Hall–Kier alpha value is 0.776. The summed E-state index contributed by atoms with van der Waals surface area (Å²) in [6.07, 6.45) is 0. The summed E-state index contributed by atoms with van der Waals surface area (Å²) < 4.78 is 34.1. The third kappa shape index (κ3) is 65.0. The first-order valence-electron chi connectivity index (χ1n) is 2.03. The fraction of sp³-hybridized carbons (Fsp3) is 0.333. The van der Waals surface area contributed by atoms with Crippen LogP contribution in [0, 0.1) is 0 Å². The molecule has 0 spiro atoms. The Bertz CT molecular complexity index is 226. The Labute approximate surface area is 113 Å². The summed E-state index contributed by atoms with van der Waals surface area (Å²) in [5.74, 6) is -2.56. The van der Waals surface area contributed by atoms with Crippen molar-refractivity contribution in [1.82, 2.24) is 0 Å². The van der Waals surface area contributed by atoms with Crippen molar-refractivity contribution in [2.45, 2.75) is 6.92 Å². The van der Waals surface area contributed by atoms with Gasteiger partial charge in [-0.1, -0.05) is 0 Å². The number of ketones is 1. The van der Waals surface area contributed by atoms with Crippen molar-refractivity contribution in [3.8, 4) is 0 Å². The topological polar surface area (TPSA) is 137 Å². The number of hydrogen-bond donors (Lipinski definition) is 0. The maximum Gasteiger partial charge on any atom is 2.00 e. The van der Waals surface area contributed by atoms with E-state index in [1.54, 1.807) is 0 Å². The Balaban J connectivity index is -0.0000000546. The van der Waals surface area contributed by atoms with E-state index in [-0.39, 0.29) is 52.6 Å². The second kappa shape index (κ2) is 10.9. The van der Waals surface area contributed by atoms with Crippen molar-refractivity contribution in [2.24, 2.45) is 0 Å². The van der Waals surface area contributed by atoms with Crippen LogP contribution in [0.3, 0.4) is 0 Å². The Kier molecular flexibility index (Phi) is 19.6. The molecule has 0 aromatic rings. The van der Waals surface area contributed by atoms with Crippen LogP contribution < -0.4 is 34.7 Å². The van der Waals surface area contributed by atoms with E-state index in [9.17, 15) is 14.7 Å². The van der Waals surface area contributed by atoms with Gasteiger partial charge in [-0.25, -0.2) is 0 Å². The molecule has 66 valence electrons. The molecule has 0 aromatic carbocycles. The molecule has 0 aliphatic carbocycles. The van der Waals surface area contributed by atoms with Crippen LogP contribution in [0.4, 0.5) is 0 Å². The van der Waals surface area contributed by atoms with Crippen molar-refractivity contribution in [3.05, 3.63) is 0 Å². The van der Waals surface area contributed by atoms with E-state index < -0.39 is 22.2 Å². The standard InChI is InChI=1S/C3H4O3.Mg.Na.H2O4S/c1-2(4)3(5)6;;;1-5(2,3)4/h1H3,(H,5,6);;;(H2,1,2,3,4)/q;+2;+1;/p-3. The zero-order valence-corrected chi connectivity index (χ0v) is 11.2. The van der Waals surface area contributed by atoms with Crippen LogP contribution in [0.15, 0.2) is 0 Å². The number of carbonyl (C=O) groups is 2. The molecular weight excluding hydrogens is 227 g/mol. The summed E-state index contributed by atoms with van der Waals surface area (Å²) >= 11 is 0. The number of carboxylic acids is 1. The van der Waals surface area contributed by atoms with Gasteiger partial charge in [0.1, 0.15) is 5.97 Å². The number of carboxylic acid groups (broad SMARTS) is 1. The first-order chi connectivity index (χ1) is 4.64. The van der Waals surface area contributed by atoms with Crippen molar-refractivity contribution >= 4 is 45.2 Å². The van der Waals surface area contributed by atoms with E-state index in [1.165, 1.54) is 0 Å². The number of rotatable bonds is 1. The van der Waals surface area contributed by atoms with Crippen molar-refractivity contribution < 1.29 is 61.8 Å². The molecule has 13 heavy (non-hydrogen) atoms. The number of carbonyl (C=O) groups excluding carboxylic acids is 2. The molecule has 0 aromatic heterocycles. The maximum absolute atomic E-state index is 9.48. The predicted octanol–water partition coefficient (Wildman–Crippen LogP) is -6.39. The normalized spacial score (nSPS) is 7.92. The SMILES string of the molecule is CC(=O)C(=O)[O-].O=S(=O)([O-])[O-].[Mg+2].[Na+]. The van der Waals surface area contributed by atoms with Crippen molar-refractivity contribution in [3.63, 3.8) is 0 Å². The van der Waals surface area contributed by atoms with E-state index in [4.69, 9.17) is 17.5 Å². The molecule has 0 bridgehead atoms. The molecule has 10 heteroatoms. The summed E-state index contributed by atoms with van der Waals surface area (Å²) in [4.78, 5) is 18.7. The minimum atomic E-state index is -5.17. The van der Waals surface area contributed by atoms with Gasteiger partial charge in [0.15, 0.2) is 5.78 Å². The van der Waals surface area contributed by atoms with Gasteiger partial charge in [0.05, 0.1) is 0 Å². The molecule has 0 aliphatic rings. The van der Waals surface area contributed by atoms with Crippen molar-refractivity contribution in [1.29, 1.82) is 0 Å². The monoisotopic (exact) mass is 230 g/mol. The van der Waals surface area contributed by atoms with Gasteiger partial charge in [0.25, 0.3) is 0 Å². The van der Waals surface area contributed by atoms with Crippen LogP contribution >= 0.6 is 0 Å². The molecule has 0 saturated carbocycles. The maximum atomic E-state index is 9.48. The second-order valence-electron chi connectivity index (χ2n) is 1.25. The van der Waals surface area contributed by atoms with Gasteiger partial charge in [-0.3, -0.25) is 13.2 Å². The third-order valence-electron chi connectivity index (χ3n) is 0.287. The molecule has 7 nitrogen and oxygen atoms in total. The van der Waals surface area contributed by atoms with E-state index in [2.05, 4.69) is 0 Å². The van der Waals surface area contributed by atoms with Gasteiger partial charge >= 0.3 is 52.6 Å². The summed E-state index contributed by atoms with van der Waals surface area (Å²) in [6.45, 7) is 0.940. The number of Topliss-reactive ketones (excluding diaryl/α,β-unsaturated/α-hetero) is 1. The first-order valence-corrected chi connectivity index (χ1v) is 3.36. The van der Waals surface area contributed by atoms with Gasteiger partial charge < -0.3 is 19.0 Å². The molecule has 0 rings (SSSR count). The van der Waals surface area contributed by atoms with Gasteiger partial charge in [0, 0.05) is 17.3 Å². The molecule has 0 atom stereocenters. The van der Waals surface area contributed by atoms with E-state index >= 15 is 0 Å². The third-order valence-corrected chi connectivity index (χ3v) is 0.287. The zero-order valence-electron chi connectivity index (χ0n) is 6.97. The molecular formula is C3H3MgNaO7S. The summed E-state index contributed by atoms with van der Waals surface area (Å²) in [5, 5.41) is 9.24. The fourth-order valence-corrected chi connectivity index (χ4v) is 0. The quantitative estimate of drug-likeness (QED) is 0.189. The summed E-state index contributed by atoms with van der Waals surface area (Å²) in [7, 11) is -5.17. The van der Waals surface area contributed by atoms with E-state index in [0.717, 1.165) is 6.92 Å². The molecule has 0 aliphatic heterocycles. The molecule has 0 radical (unpaired) electrons. The number of hydrogen-bond acceptors (Lipinski definition) is 7. The van der Waals surface area contributed by atoms with Crippen LogP contribution in [0.1, 0.15) is 6.92 Å². The smallest absolute Gasteiger partial charge is 0.759 e. The van der Waals surface area contributed by atoms with Gasteiger partial charge in [0.2, 0.25) is 0 Å². The molecule has 0 unspecified atom stereocenters. The van der Waals surface area contributed by atoms with E-state index in [0.29, 0.717) is 0 Å².